The fraction of sp³-hybridized carbons (Fsp3) is 0.333. The molecule has 22 heavy (non-hydrogen) atoms. The highest BCUT2D eigenvalue weighted by Crippen LogP contribution is 2.43. The van der Waals surface area contributed by atoms with Crippen molar-refractivity contribution in [2.45, 2.75) is 38.7 Å². The van der Waals surface area contributed by atoms with E-state index in [1.165, 1.54) is 0 Å². The summed E-state index contributed by atoms with van der Waals surface area (Å²) in [6, 6.07) is 11.3. The van der Waals surface area contributed by atoms with Crippen LogP contribution in [-0.4, -0.2) is 5.60 Å². The van der Waals surface area contributed by atoms with E-state index >= 15 is 0 Å². The number of pyridine rings is 1. The highest BCUT2D eigenvalue weighted by molar-refractivity contribution is 5.48. The van der Waals surface area contributed by atoms with Gasteiger partial charge in [-0.2, -0.15) is 9.99 Å². The molecule has 2 heterocycles. The first kappa shape index (κ1) is 14.4. The van der Waals surface area contributed by atoms with Crippen molar-refractivity contribution in [2.24, 2.45) is 0 Å². The van der Waals surface area contributed by atoms with E-state index in [-0.39, 0.29) is 11.5 Å². The zero-order valence-electron chi connectivity index (χ0n) is 13.0. The number of nitriles is 1. The first-order valence-electron chi connectivity index (χ1n) is 7.32. The summed E-state index contributed by atoms with van der Waals surface area (Å²) in [6.07, 6.45) is 2.24. The maximum atomic E-state index is 12.3. The van der Waals surface area contributed by atoms with Crippen LogP contribution in [-0.2, 0) is 0 Å². The first-order chi connectivity index (χ1) is 10.4. The average Bonchev–Trinajstić information content (AvgIpc) is 2.47. The Morgan fingerprint density at radius 2 is 2.09 bits per heavy atom. The van der Waals surface area contributed by atoms with E-state index in [9.17, 15) is 5.21 Å². The van der Waals surface area contributed by atoms with Gasteiger partial charge >= 0.3 is 0 Å². The predicted octanol–water partition coefficient (Wildman–Crippen LogP) is 3.19. The summed E-state index contributed by atoms with van der Waals surface area (Å²) in [4.78, 5) is 0. The molecular formula is C18H18N2O2. The minimum Gasteiger partial charge on any atom is -0.618 e. The maximum Gasteiger partial charge on any atom is 0.200 e. The summed E-state index contributed by atoms with van der Waals surface area (Å²) in [5, 5.41) is 21.4. The smallest absolute Gasteiger partial charge is 0.200 e. The lowest BCUT2D eigenvalue weighted by atomic mass is 9.81. The number of hydrogen-bond acceptors (Lipinski definition) is 3. The van der Waals surface area contributed by atoms with E-state index in [4.69, 9.17) is 10.00 Å². The molecule has 1 aromatic carbocycles. The molecule has 0 bridgehead atoms. The number of aryl methyl sites for hydroxylation is 1. The maximum absolute atomic E-state index is 12.3. The fourth-order valence-corrected chi connectivity index (χ4v) is 3.06. The molecule has 4 heteroatoms. The van der Waals surface area contributed by atoms with Crippen molar-refractivity contribution in [3.8, 4) is 11.8 Å². The van der Waals surface area contributed by atoms with Gasteiger partial charge in [-0.1, -0.05) is 0 Å². The highest BCUT2D eigenvalue weighted by atomic mass is 16.5. The van der Waals surface area contributed by atoms with Gasteiger partial charge in [-0.3, -0.25) is 0 Å². The van der Waals surface area contributed by atoms with E-state index in [2.05, 4.69) is 6.07 Å². The standard InChI is InChI=1S/C18H18N2O2/c1-12-6-7-20(21)16(8-12)15-10-18(2,3)22-17-5-4-13(11-19)9-14(15)17/h4-9,15H,10H2,1-3H3. The number of fused-ring (bicyclic) bond motifs is 1. The lowest BCUT2D eigenvalue weighted by Gasteiger charge is -2.36. The lowest BCUT2D eigenvalue weighted by molar-refractivity contribution is -0.615. The minimum atomic E-state index is -0.359. The van der Waals surface area contributed by atoms with Crippen LogP contribution in [0.15, 0.2) is 36.5 Å². The Bertz CT molecular complexity index is 775. The average molecular weight is 294 g/mol. The van der Waals surface area contributed by atoms with Gasteiger partial charge in [0.05, 0.1) is 17.6 Å². The molecule has 4 nitrogen and oxygen atoms in total. The molecule has 0 saturated carbocycles. The molecule has 0 saturated heterocycles. The Balaban J connectivity index is 2.19. The zero-order valence-corrected chi connectivity index (χ0v) is 13.0. The van der Waals surface area contributed by atoms with Gasteiger partial charge in [0.15, 0.2) is 6.20 Å². The third kappa shape index (κ3) is 2.50. The van der Waals surface area contributed by atoms with Crippen LogP contribution in [0.1, 0.15) is 48.6 Å². The molecule has 1 aromatic heterocycles. The van der Waals surface area contributed by atoms with Crippen molar-refractivity contribution in [1.29, 1.82) is 5.26 Å². The Kier molecular flexibility index (Phi) is 3.29. The van der Waals surface area contributed by atoms with E-state index < -0.39 is 0 Å². The van der Waals surface area contributed by atoms with Gasteiger partial charge in [0.2, 0.25) is 5.69 Å². The number of ether oxygens (including phenoxy) is 1. The molecular weight excluding hydrogens is 276 g/mol. The summed E-state index contributed by atoms with van der Waals surface area (Å²) in [5.74, 6) is 0.672. The summed E-state index contributed by atoms with van der Waals surface area (Å²) in [6.45, 7) is 6.01. The van der Waals surface area contributed by atoms with Crippen LogP contribution in [0.5, 0.6) is 5.75 Å². The molecule has 112 valence electrons. The van der Waals surface area contributed by atoms with E-state index in [0.29, 0.717) is 17.7 Å². The number of hydrogen-bond donors (Lipinski definition) is 0. The normalized spacial score (nSPS) is 18.9. The van der Waals surface area contributed by atoms with E-state index in [1.807, 2.05) is 39.0 Å². The summed E-state index contributed by atoms with van der Waals surface area (Å²) >= 11 is 0. The SMILES string of the molecule is Cc1cc[n+]([O-])c(C2CC(C)(C)Oc3ccc(C#N)cc32)c1. The van der Waals surface area contributed by atoms with Crippen molar-refractivity contribution < 1.29 is 9.47 Å². The van der Waals surface area contributed by atoms with Crippen LogP contribution in [0.3, 0.4) is 0 Å². The van der Waals surface area contributed by atoms with Gasteiger partial charge in [-0.25, -0.2) is 0 Å². The second-order valence-electron chi connectivity index (χ2n) is 6.44. The van der Waals surface area contributed by atoms with E-state index in [0.717, 1.165) is 21.6 Å². The van der Waals surface area contributed by atoms with Gasteiger partial charge in [0, 0.05) is 24.1 Å². The molecule has 1 unspecified atom stereocenters. The minimum absolute atomic E-state index is 0.0792. The van der Waals surface area contributed by atoms with Gasteiger partial charge in [0.1, 0.15) is 11.4 Å². The first-order valence-corrected chi connectivity index (χ1v) is 7.32. The number of rotatable bonds is 1. The van der Waals surface area contributed by atoms with Gasteiger partial charge in [-0.15, -0.1) is 0 Å². The van der Waals surface area contributed by atoms with Crippen molar-refractivity contribution >= 4 is 0 Å². The topological polar surface area (TPSA) is 60.0 Å². The van der Waals surface area contributed by atoms with Crippen molar-refractivity contribution in [1.82, 2.24) is 0 Å². The molecule has 1 aliphatic rings. The zero-order chi connectivity index (χ0) is 15.9. The molecule has 3 rings (SSSR count). The van der Waals surface area contributed by atoms with Crippen LogP contribution in [0.2, 0.25) is 0 Å². The van der Waals surface area contributed by atoms with Gasteiger partial charge in [0.25, 0.3) is 0 Å². The van der Waals surface area contributed by atoms with Gasteiger partial charge in [-0.05, 0) is 44.5 Å². The second kappa shape index (κ2) is 5.03. The Morgan fingerprint density at radius 3 is 2.82 bits per heavy atom. The highest BCUT2D eigenvalue weighted by Gasteiger charge is 2.38. The Morgan fingerprint density at radius 1 is 1.32 bits per heavy atom. The molecule has 0 fully saturated rings. The molecule has 1 aliphatic heterocycles. The molecule has 0 N–H and O–H groups in total. The Labute approximate surface area is 130 Å². The number of nitrogens with zero attached hydrogens (tertiary/aromatic N) is 2. The molecule has 0 radical (unpaired) electrons. The summed E-state index contributed by atoms with van der Waals surface area (Å²) in [7, 11) is 0. The molecule has 1 atom stereocenters. The second-order valence-corrected chi connectivity index (χ2v) is 6.44. The van der Waals surface area contributed by atoms with Crippen molar-refractivity contribution in [3.63, 3.8) is 0 Å². The third-order valence-electron chi connectivity index (χ3n) is 4.06. The molecule has 0 amide bonds. The molecule has 0 spiro atoms. The monoisotopic (exact) mass is 294 g/mol. The lowest BCUT2D eigenvalue weighted by Crippen LogP contribution is -2.40. The number of benzene rings is 1. The van der Waals surface area contributed by atoms with Crippen LogP contribution in [0, 0.1) is 23.5 Å². The van der Waals surface area contributed by atoms with Crippen molar-refractivity contribution in [2.75, 3.05) is 0 Å². The summed E-state index contributed by atoms with van der Waals surface area (Å²) < 4.78 is 6.94. The van der Waals surface area contributed by atoms with Gasteiger partial charge < -0.3 is 9.94 Å². The van der Waals surface area contributed by atoms with E-state index in [1.54, 1.807) is 18.3 Å². The molecule has 0 aliphatic carbocycles. The third-order valence-corrected chi connectivity index (χ3v) is 4.06. The largest absolute Gasteiger partial charge is 0.618 e. The quantitative estimate of drug-likeness (QED) is 0.599. The molecule has 2 aromatic rings. The van der Waals surface area contributed by atoms with Crippen LogP contribution in [0.4, 0.5) is 0 Å². The Hall–Kier alpha value is -2.54. The predicted molar refractivity (Wildman–Crippen MR) is 82.5 cm³/mol. The number of aromatic nitrogens is 1. The van der Waals surface area contributed by atoms with Crippen LogP contribution >= 0.6 is 0 Å². The van der Waals surface area contributed by atoms with Crippen LogP contribution in [0.25, 0.3) is 0 Å². The van der Waals surface area contributed by atoms with Crippen molar-refractivity contribution in [3.05, 3.63) is 64.1 Å². The fourth-order valence-electron chi connectivity index (χ4n) is 3.06. The van der Waals surface area contributed by atoms with Crippen LogP contribution < -0.4 is 9.47 Å². The summed E-state index contributed by atoms with van der Waals surface area (Å²) in [5.41, 5.74) is 2.88.